The molecule has 12 heteroatoms. The normalized spacial score (nSPS) is 20.8. The van der Waals surface area contributed by atoms with Gasteiger partial charge in [-0.15, -0.1) is 0 Å². The molecule has 1 N–H and O–H groups in total. The quantitative estimate of drug-likeness (QED) is 0.163. The Hall–Kier alpha value is -1.35. The summed E-state index contributed by atoms with van der Waals surface area (Å²) in [6.45, 7) is 14.5. The molecule has 2 fully saturated rings. The van der Waals surface area contributed by atoms with Gasteiger partial charge in [0.15, 0.2) is 0 Å². The fourth-order valence-corrected chi connectivity index (χ4v) is 8.97. The third-order valence-corrected chi connectivity index (χ3v) is 12.4. The number of imidazole rings is 1. The van der Waals surface area contributed by atoms with E-state index in [0.29, 0.717) is 19.4 Å². The second-order valence-electron chi connectivity index (χ2n) is 16.3. The van der Waals surface area contributed by atoms with E-state index in [1.807, 2.05) is 24.7 Å². The maximum Gasteiger partial charge on any atom is 1.00 e. The molecule has 1 aromatic carbocycles. The minimum atomic E-state index is -2.30. The van der Waals surface area contributed by atoms with Gasteiger partial charge in [-0.05, 0) is 120 Å². The molecule has 2 aliphatic heterocycles. The van der Waals surface area contributed by atoms with Crippen molar-refractivity contribution in [3.63, 3.8) is 0 Å². The van der Waals surface area contributed by atoms with Crippen LogP contribution in [0, 0.1) is 0 Å². The van der Waals surface area contributed by atoms with E-state index in [9.17, 15) is 18.3 Å². The van der Waals surface area contributed by atoms with Crippen LogP contribution in [0.1, 0.15) is 122 Å². The Morgan fingerprint density at radius 1 is 0.981 bits per heavy atom. The summed E-state index contributed by atoms with van der Waals surface area (Å²) in [6.07, 6.45) is 16.6. The fourth-order valence-electron chi connectivity index (χ4n) is 8.62. The van der Waals surface area contributed by atoms with Crippen LogP contribution in [0.5, 0.6) is 0 Å². The van der Waals surface area contributed by atoms with Gasteiger partial charge in [0, 0.05) is 73.4 Å². The Kier molecular flexibility index (Phi) is 15.8. The minimum absolute atomic E-state index is 0. The zero-order valence-corrected chi connectivity index (χ0v) is 36.7. The molecule has 10 nitrogen and oxygen atoms in total. The first-order chi connectivity index (χ1) is 24.2. The van der Waals surface area contributed by atoms with Gasteiger partial charge in [0.25, 0.3) is 0 Å². The number of piperidine rings is 1. The van der Waals surface area contributed by atoms with E-state index >= 15 is 0 Å². The summed E-state index contributed by atoms with van der Waals surface area (Å²) in [5, 5.41) is 11.0. The summed E-state index contributed by atoms with van der Waals surface area (Å²) in [4.78, 5) is 22.2. The molecule has 5 rings (SSSR count). The van der Waals surface area contributed by atoms with Crippen molar-refractivity contribution in [2.75, 3.05) is 20.2 Å². The van der Waals surface area contributed by atoms with E-state index in [0.717, 1.165) is 62.6 Å². The summed E-state index contributed by atoms with van der Waals surface area (Å²) in [6, 6.07) is 9.68. The number of benzene rings is 1. The third kappa shape index (κ3) is 11.1. The number of hydrogen-bond acceptors (Lipinski definition) is 8. The number of ether oxygens (including phenoxy) is 1. The number of aliphatic hydroxyl groups excluding tert-OH is 1. The molecule has 0 aliphatic carbocycles. The van der Waals surface area contributed by atoms with Crippen LogP contribution in [-0.4, -0.2) is 84.5 Å². The molecule has 4 heterocycles. The Morgan fingerprint density at radius 2 is 1.67 bits per heavy atom. The van der Waals surface area contributed by atoms with Crippen LogP contribution < -0.4 is 51.4 Å². The van der Waals surface area contributed by atoms with Crippen LogP contribution in [-0.2, 0) is 35.1 Å². The number of hydrogen-bond donors (Lipinski definition) is 1. The van der Waals surface area contributed by atoms with Gasteiger partial charge in [0.2, 0.25) is 5.91 Å². The van der Waals surface area contributed by atoms with Gasteiger partial charge in [-0.3, -0.25) is 9.69 Å². The largest absolute Gasteiger partial charge is 1.00 e. The number of rotatable bonds is 17. The molecule has 0 saturated carbocycles. The molecule has 2 aromatic heterocycles. The summed E-state index contributed by atoms with van der Waals surface area (Å²) >= 11 is 0. The van der Waals surface area contributed by atoms with Crippen LogP contribution in [0.25, 0.3) is 0 Å². The molecule has 5 atom stereocenters. The predicted molar refractivity (Wildman–Crippen MR) is 200 cm³/mol. The molecule has 5 unspecified atom stereocenters. The number of carbonyl (C=O) groups excluding carboxylic acids is 1. The van der Waals surface area contributed by atoms with Crippen LogP contribution >= 0.6 is 0 Å². The van der Waals surface area contributed by atoms with Crippen molar-refractivity contribution in [3.05, 3.63) is 72.6 Å². The number of aromatic nitrogens is 3. The van der Waals surface area contributed by atoms with E-state index in [4.69, 9.17) is 4.74 Å². The fraction of sp³-hybridized carbons (Fsp3) is 0.650. The molecule has 1 amide bonds. The molecule has 52 heavy (non-hydrogen) atoms. The van der Waals surface area contributed by atoms with Crippen molar-refractivity contribution in [1.82, 2.24) is 23.9 Å². The first kappa shape index (κ1) is 43.4. The number of aliphatic hydroxyl groups is 1. The van der Waals surface area contributed by atoms with Crippen molar-refractivity contribution < 1.29 is 74.4 Å². The standard InChI is InChI=1S/C40H60N5O5S.K/c1-8-33(44-19-16-41-28-44)23-34(45-17-9-10-38(45)47)22-32(31-11-13-37(14-12-31)51(48)49)20-29(2)43-18-15-30(26-43)21-35(46)27-50-36-24-39(3,4)42(7)40(5,6)25-36;/h11-16,18-19,26,28-29,32-36,46H,8-10,17,20-25,27H2,1-7H3;/q-1;+1. The van der Waals surface area contributed by atoms with Crippen molar-refractivity contribution >= 4 is 16.6 Å². The van der Waals surface area contributed by atoms with Gasteiger partial charge in [-0.2, -0.15) is 0 Å². The average molecular weight is 762 g/mol. The summed E-state index contributed by atoms with van der Waals surface area (Å²) in [5.74, 6) is 0.297. The Morgan fingerprint density at radius 3 is 2.25 bits per heavy atom. The molecule has 0 bridgehead atoms. The van der Waals surface area contributed by atoms with Gasteiger partial charge in [0.1, 0.15) is 0 Å². The average Bonchev–Trinajstić information content (AvgIpc) is 3.87. The second-order valence-corrected chi connectivity index (χ2v) is 17.3. The van der Waals surface area contributed by atoms with Gasteiger partial charge < -0.3 is 32.3 Å². The van der Waals surface area contributed by atoms with Crippen LogP contribution in [0.3, 0.4) is 0 Å². The monoisotopic (exact) mass is 761 g/mol. The first-order valence-electron chi connectivity index (χ1n) is 18.8. The Balaban J connectivity index is 0.00000605. The van der Waals surface area contributed by atoms with E-state index in [1.54, 1.807) is 18.3 Å². The summed E-state index contributed by atoms with van der Waals surface area (Å²) in [5.41, 5.74) is 2.19. The molecule has 3 aromatic rings. The van der Waals surface area contributed by atoms with Gasteiger partial charge in [-0.1, -0.05) is 36.1 Å². The predicted octanol–water partition coefficient (Wildman–Crippen LogP) is 4.09. The van der Waals surface area contributed by atoms with Crippen molar-refractivity contribution in [2.45, 2.75) is 152 Å². The molecular formula is C40H60KN5O5S. The maximum absolute atomic E-state index is 13.2. The molecule has 2 aliphatic rings. The Labute approximate surface area is 356 Å². The maximum atomic E-state index is 13.2. The van der Waals surface area contributed by atoms with E-state index in [-0.39, 0.29) is 103 Å². The summed E-state index contributed by atoms with van der Waals surface area (Å²) in [7, 11) is -0.111. The molecule has 2 saturated heterocycles. The number of nitrogens with zero attached hydrogens (tertiary/aromatic N) is 5. The van der Waals surface area contributed by atoms with Gasteiger partial charge in [-0.25, -0.2) is 4.98 Å². The van der Waals surface area contributed by atoms with Crippen LogP contribution in [0.2, 0.25) is 0 Å². The number of carbonyl (C=O) groups is 1. The van der Waals surface area contributed by atoms with E-state index < -0.39 is 16.8 Å². The minimum Gasteiger partial charge on any atom is -0.420 e. The van der Waals surface area contributed by atoms with Crippen LogP contribution in [0.15, 0.2) is 66.3 Å². The topological polar surface area (TPSA) is 110 Å². The second kappa shape index (κ2) is 19.0. The van der Waals surface area contributed by atoms with E-state index in [1.165, 1.54) is 0 Å². The van der Waals surface area contributed by atoms with E-state index in [2.05, 4.69) is 91.0 Å². The smallest absolute Gasteiger partial charge is 0.420 e. The molecule has 0 spiro atoms. The van der Waals surface area contributed by atoms with Crippen molar-refractivity contribution in [2.24, 2.45) is 0 Å². The van der Waals surface area contributed by atoms with Crippen molar-refractivity contribution in [3.8, 4) is 0 Å². The zero-order valence-electron chi connectivity index (χ0n) is 32.7. The van der Waals surface area contributed by atoms with Gasteiger partial charge in [0.05, 0.1) is 25.1 Å². The number of amides is 1. The van der Waals surface area contributed by atoms with Crippen LogP contribution in [0.4, 0.5) is 0 Å². The molecular weight excluding hydrogens is 702 g/mol. The van der Waals surface area contributed by atoms with Gasteiger partial charge >= 0.3 is 51.4 Å². The zero-order chi connectivity index (χ0) is 36.9. The third-order valence-electron chi connectivity index (χ3n) is 11.8. The van der Waals surface area contributed by atoms with Crippen molar-refractivity contribution in [1.29, 1.82) is 0 Å². The Bertz CT molecular complexity index is 1610. The summed E-state index contributed by atoms with van der Waals surface area (Å²) < 4.78 is 34.0. The number of likely N-dealkylation sites (tertiary alicyclic amines) is 2. The first-order valence-corrected chi connectivity index (χ1v) is 19.9. The molecule has 0 radical (unpaired) electrons. The molecule has 282 valence electrons. The SMILES string of the molecule is CCC(CC(CC(CC(C)n1ccc(CC(O)COC2CC(C)(C)N(C)C(C)(C)C2)c1)c1ccc([S-](=O)=O)cc1)N1CCCC1=O)n1ccnc1.[K+].